The first-order valence-corrected chi connectivity index (χ1v) is 17.5. The Morgan fingerprint density at radius 2 is 1.69 bits per heavy atom. The summed E-state index contributed by atoms with van der Waals surface area (Å²) in [7, 11) is -4.50. The molecule has 0 radical (unpaired) electrons. The lowest BCUT2D eigenvalue weighted by molar-refractivity contribution is -0.170. The van der Waals surface area contributed by atoms with Gasteiger partial charge in [0.15, 0.2) is 0 Å². The monoisotopic (exact) mass is 602 g/mol. The van der Waals surface area contributed by atoms with E-state index in [0.29, 0.717) is 54.3 Å². The van der Waals surface area contributed by atoms with E-state index >= 15 is 0 Å². The third-order valence-corrected chi connectivity index (χ3v) is 12.9. The van der Waals surface area contributed by atoms with Crippen LogP contribution in [-0.2, 0) is 24.1 Å². The smallest absolute Gasteiger partial charge is 0.397 e. The van der Waals surface area contributed by atoms with Crippen molar-refractivity contribution >= 4 is 22.2 Å². The van der Waals surface area contributed by atoms with E-state index in [1.54, 1.807) is 0 Å². The molecule has 7 nitrogen and oxygen atoms in total. The van der Waals surface area contributed by atoms with E-state index in [2.05, 4.69) is 20.8 Å². The van der Waals surface area contributed by atoms with Gasteiger partial charge in [0.1, 0.15) is 11.9 Å². The molecule has 0 saturated heterocycles. The minimum atomic E-state index is -4.50. The molecule has 0 spiro atoms. The Morgan fingerprint density at radius 3 is 2.36 bits per heavy atom. The van der Waals surface area contributed by atoms with Gasteiger partial charge in [-0.1, -0.05) is 52.8 Å². The van der Waals surface area contributed by atoms with Crippen molar-refractivity contribution in [2.45, 2.75) is 111 Å². The van der Waals surface area contributed by atoms with Crippen LogP contribution in [0.5, 0.6) is 0 Å². The topological polar surface area (TPSA) is 107 Å². The normalized spacial score (nSPS) is 37.8. The van der Waals surface area contributed by atoms with Crippen molar-refractivity contribution < 1.29 is 31.5 Å². The Morgan fingerprint density at radius 1 is 1.00 bits per heavy atom. The molecule has 1 aromatic carbocycles. The number of ketones is 1. The first-order valence-electron chi connectivity index (χ1n) is 16.2. The van der Waals surface area contributed by atoms with Gasteiger partial charge < -0.3 is 4.74 Å². The fourth-order valence-electron chi connectivity index (χ4n) is 10.1. The van der Waals surface area contributed by atoms with Crippen molar-refractivity contribution in [2.75, 3.05) is 0 Å². The zero-order chi connectivity index (χ0) is 30.4. The lowest BCUT2D eigenvalue weighted by Gasteiger charge is -2.62. The number of fused-ring (bicyclic) bond motifs is 5. The van der Waals surface area contributed by atoms with E-state index in [1.807, 2.05) is 44.2 Å². The zero-order valence-corrected chi connectivity index (χ0v) is 26.8. The van der Waals surface area contributed by atoms with Crippen molar-refractivity contribution in [3.05, 3.63) is 35.9 Å². The predicted octanol–water partition coefficient (Wildman–Crippen LogP) is 7.31. The van der Waals surface area contributed by atoms with Crippen molar-refractivity contribution in [1.29, 1.82) is 0 Å². The summed E-state index contributed by atoms with van der Waals surface area (Å²) >= 11 is 0. The molecular formula is C34H50O7S. The molecule has 42 heavy (non-hydrogen) atoms. The second-order valence-corrected chi connectivity index (χ2v) is 15.9. The summed E-state index contributed by atoms with van der Waals surface area (Å²) in [5.74, 6) is 2.29. The summed E-state index contributed by atoms with van der Waals surface area (Å²) in [5, 5.41) is 0. The number of Topliss-reactive ketones (excluding diaryl/α,β-unsaturated/α-hetero) is 1. The molecule has 1 N–H and O–H groups in total. The Labute approximate surface area is 252 Å². The van der Waals surface area contributed by atoms with Gasteiger partial charge in [0, 0.05) is 18.8 Å². The van der Waals surface area contributed by atoms with Gasteiger partial charge >= 0.3 is 16.4 Å². The molecule has 4 fully saturated rings. The standard InChI is InChI=1S/C34H50O7S/c1-21(2)29(41-42(37,38)39)14-11-22(3)26-12-13-27-31-28(16-18-34(26,27)5)33(4)17-15-25(35)19-24(33)20-30(31)40-32(36)23-9-7-6-8-10-23/h6-10,21-22,24,26-31H,11-20H2,1-5H3,(H,37,38,39)/t22-,24-,26?,27?,28?,29-,30?,31?,33+,34-/m1/s1. The van der Waals surface area contributed by atoms with Crippen molar-refractivity contribution in [1.82, 2.24) is 0 Å². The molecule has 0 bridgehead atoms. The molecule has 0 aliphatic heterocycles. The van der Waals surface area contributed by atoms with E-state index in [0.717, 1.165) is 44.9 Å². The van der Waals surface area contributed by atoms with Gasteiger partial charge in [-0.15, -0.1) is 0 Å². The van der Waals surface area contributed by atoms with Crippen LogP contribution >= 0.6 is 0 Å². The number of carbonyl (C=O) groups excluding carboxylic acids is 2. The fraction of sp³-hybridized carbons (Fsp3) is 0.765. The summed E-state index contributed by atoms with van der Waals surface area (Å²) in [6, 6.07) is 9.25. The molecule has 0 heterocycles. The molecule has 4 saturated carbocycles. The van der Waals surface area contributed by atoms with Gasteiger partial charge in [0.2, 0.25) is 0 Å². The Bertz CT molecular complexity index is 1250. The summed E-state index contributed by atoms with van der Waals surface area (Å²) < 4.78 is 43.6. The van der Waals surface area contributed by atoms with Gasteiger partial charge in [-0.25, -0.2) is 8.98 Å². The van der Waals surface area contributed by atoms with Gasteiger partial charge in [-0.2, -0.15) is 8.42 Å². The van der Waals surface area contributed by atoms with Crippen LogP contribution in [0, 0.1) is 52.3 Å². The molecule has 5 unspecified atom stereocenters. The second kappa shape index (κ2) is 12.0. The Balaban J connectivity index is 1.38. The van der Waals surface area contributed by atoms with E-state index in [1.165, 1.54) is 0 Å². The molecular weight excluding hydrogens is 552 g/mol. The average Bonchev–Trinajstić information content (AvgIpc) is 3.28. The number of hydrogen-bond acceptors (Lipinski definition) is 6. The van der Waals surface area contributed by atoms with E-state index in [4.69, 9.17) is 8.92 Å². The largest absolute Gasteiger partial charge is 0.458 e. The SMILES string of the molecule is CC(C)[C@@H](CC[C@@H](C)C1CCC2C3C(OC(=O)c4ccccc4)C[C@H]4CC(=O)CC[C@]4(C)C3CC[C@@]21C)OS(=O)(=O)O. The van der Waals surface area contributed by atoms with Gasteiger partial charge in [-0.3, -0.25) is 9.35 Å². The number of carbonyl (C=O) groups is 2. The lowest BCUT2D eigenvalue weighted by atomic mass is 9.43. The number of ether oxygens (including phenoxy) is 1. The van der Waals surface area contributed by atoms with Crippen LogP contribution in [-0.4, -0.2) is 36.9 Å². The summed E-state index contributed by atoms with van der Waals surface area (Å²) in [4.78, 5) is 26.0. The zero-order valence-electron chi connectivity index (χ0n) is 26.0. The molecule has 4 aliphatic carbocycles. The van der Waals surface area contributed by atoms with Crippen LogP contribution in [0.1, 0.15) is 109 Å². The quantitative estimate of drug-likeness (QED) is 0.233. The molecule has 8 heteroatoms. The number of esters is 1. The van der Waals surface area contributed by atoms with Crippen molar-refractivity contribution in [3.63, 3.8) is 0 Å². The summed E-state index contributed by atoms with van der Waals surface area (Å²) in [6.07, 6.45) is 8.03. The van der Waals surface area contributed by atoms with Gasteiger partial charge in [0.05, 0.1) is 11.7 Å². The van der Waals surface area contributed by atoms with E-state index in [9.17, 15) is 22.6 Å². The first-order chi connectivity index (χ1) is 19.7. The molecule has 0 aromatic heterocycles. The molecule has 0 amide bonds. The molecule has 1 aromatic rings. The Hall–Kier alpha value is -1.77. The van der Waals surface area contributed by atoms with Crippen LogP contribution in [0.3, 0.4) is 0 Å². The van der Waals surface area contributed by atoms with Gasteiger partial charge in [0.25, 0.3) is 0 Å². The highest BCUT2D eigenvalue weighted by atomic mass is 32.3. The highest BCUT2D eigenvalue weighted by Crippen LogP contribution is 2.68. The predicted molar refractivity (Wildman–Crippen MR) is 161 cm³/mol. The third kappa shape index (κ3) is 6.10. The van der Waals surface area contributed by atoms with Crippen LogP contribution in [0.4, 0.5) is 0 Å². The number of rotatable bonds is 9. The fourth-order valence-corrected chi connectivity index (χ4v) is 10.8. The van der Waals surface area contributed by atoms with Crippen molar-refractivity contribution in [2.24, 2.45) is 52.3 Å². The highest BCUT2D eigenvalue weighted by molar-refractivity contribution is 7.80. The number of hydrogen-bond donors (Lipinski definition) is 1. The van der Waals surface area contributed by atoms with E-state index in [-0.39, 0.29) is 40.7 Å². The lowest BCUT2D eigenvalue weighted by Crippen LogP contribution is -2.59. The molecule has 4 aliphatic rings. The molecule has 10 atom stereocenters. The van der Waals surface area contributed by atoms with E-state index < -0.39 is 16.5 Å². The molecule has 5 rings (SSSR count). The third-order valence-electron chi connectivity index (χ3n) is 12.4. The van der Waals surface area contributed by atoms with Crippen LogP contribution in [0.2, 0.25) is 0 Å². The highest BCUT2D eigenvalue weighted by Gasteiger charge is 2.63. The van der Waals surface area contributed by atoms with Crippen LogP contribution in [0.25, 0.3) is 0 Å². The average molecular weight is 603 g/mol. The summed E-state index contributed by atoms with van der Waals surface area (Å²) in [6.45, 7) is 11.0. The first kappa shape index (κ1) is 31.6. The van der Waals surface area contributed by atoms with Crippen LogP contribution in [0.15, 0.2) is 30.3 Å². The maximum absolute atomic E-state index is 13.4. The minimum Gasteiger partial charge on any atom is -0.458 e. The maximum Gasteiger partial charge on any atom is 0.397 e. The van der Waals surface area contributed by atoms with Crippen LogP contribution < -0.4 is 0 Å². The summed E-state index contributed by atoms with van der Waals surface area (Å²) in [5.41, 5.74) is 0.769. The van der Waals surface area contributed by atoms with Crippen molar-refractivity contribution in [3.8, 4) is 0 Å². The Kier molecular flexibility index (Phi) is 9.01. The minimum absolute atomic E-state index is 0.0279. The maximum atomic E-state index is 13.4. The van der Waals surface area contributed by atoms with Gasteiger partial charge in [-0.05, 0) is 110 Å². The molecule has 234 valence electrons. The second-order valence-electron chi connectivity index (χ2n) is 14.9. The number of benzene rings is 1.